The Morgan fingerprint density at radius 3 is 2.83 bits per heavy atom. The molecule has 1 aliphatic rings. The van der Waals surface area contributed by atoms with Gasteiger partial charge >= 0.3 is 0 Å². The van der Waals surface area contributed by atoms with E-state index in [-0.39, 0.29) is 0 Å². The molecule has 0 bridgehead atoms. The minimum Gasteiger partial charge on any atom is -0.384 e. The number of primary amides is 1. The average molecular weight is 252 g/mol. The largest absolute Gasteiger partial charge is 0.384 e. The molecule has 1 saturated carbocycles. The summed E-state index contributed by atoms with van der Waals surface area (Å²) in [6, 6.07) is 3.19. The van der Waals surface area contributed by atoms with Crippen molar-refractivity contribution in [3.05, 3.63) is 23.3 Å². The molecule has 2 rings (SSSR count). The van der Waals surface area contributed by atoms with Crippen LogP contribution in [0.3, 0.4) is 0 Å². The van der Waals surface area contributed by atoms with Crippen LogP contribution < -0.4 is 15.9 Å². The molecule has 0 saturated heterocycles. The Kier molecular flexibility index (Phi) is 3.69. The summed E-state index contributed by atoms with van der Waals surface area (Å²) in [5.74, 6) is 0.485. The van der Waals surface area contributed by atoms with Crippen molar-refractivity contribution in [1.29, 1.82) is 0 Å². The van der Waals surface area contributed by atoms with E-state index >= 15 is 0 Å². The second-order valence-electron chi connectivity index (χ2n) is 4.51. The molecule has 0 spiro atoms. The molecule has 0 atom stereocenters. The monoisotopic (exact) mass is 252 g/mol. The third kappa shape index (κ3) is 2.91. The van der Waals surface area contributed by atoms with Gasteiger partial charge in [-0.1, -0.05) is 0 Å². The lowest BCUT2D eigenvalue weighted by Crippen LogP contribution is -2.16. The van der Waals surface area contributed by atoms with Gasteiger partial charge in [0.1, 0.15) is 0 Å². The number of nitrogens with two attached hydrogens (primary N) is 1. The lowest BCUT2D eigenvalue weighted by atomic mass is 10.1. The zero-order valence-electron chi connectivity index (χ0n) is 10.1. The van der Waals surface area contributed by atoms with Crippen LogP contribution >= 0.6 is 0 Å². The van der Waals surface area contributed by atoms with Gasteiger partial charge in [-0.3, -0.25) is 4.79 Å². The van der Waals surface area contributed by atoms with Gasteiger partial charge in [0.2, 0.25) is 0 Å². The number of hydrogen-bond donors (Lipinski definition) is 3. The summed E-state index contributed by atoms with van der Waals surface area (Å²) >= 11 is 0. The first-order valence-corrected chi connectivity index (χ1v) is 5.78. The number of hydrogen-bond acceptors (Lipinski definition) is 5. The summed E-state index contributed by atoms with van der Waals surface area (Å²) in [6.45, 7) is 2.52. The van der Waals surface area contributed by atoms with E-state index in [9.17, 15) is 4.79 Å². The van der Waals surface area contributed by atoms with Gasteiger partial charge in [0, 0.05) is 12.6 Å². The highest BCUT2D eigenvalue weighted by Gasteiger charge is 2.22. The van der Waals surface area contributed by atoms with Crippen molar-refractivity contribution in [2.75, 3.05) is 11.9 Å². The minimum absolute atomic E-state index is 0.334. The maximum atomic E-state index is 11.4. The average Bonchev–Trinajstić information content (AvgIpc) is 3.13. The molecule has 0 radical (unpaired) electrons. The van der Waals surface area contributed by atoms with Crippen molar-refractivity contribution in [3.63, 3.8) is 0 Å². The summed E-state index contributed by atoms with van der Waals surface area (Å²) in [5, 5.41) is 15.1. The standard InChI is InChI=1S/C12H16N2O4/c1-7-4-9(12(13)15)10(5-11(7)17-18-16)14-6-8-2-3-8/h4-5,8,14,16H,2-3,6H2,1H3,(H2,13,15). The van der Waals surface area contributed by atoms with Gasteiger partial charge in [-0.2, -0.15) is 0 Å². The fourth-order valence-electron chi connectivity index (χ4n) is 1.74. The Labute approximate surface area is 105 Å². The molecule has 1 aromatic carbocycles. The van der Waals surface area contributed by atoms with E-state index in [4.69, 9.17) is 11.0 Å². The van der Waals surface area contributed by atoms with Crippen molar-refractivity contribution < 1.29 is 20.0 Å². The quantitative estimate of drug-likeness (QED) is 0.529. The third-order valence-corrected chi connectivity index (χ3v) is 2.99. The second kappa shape index (κ2) is 5.24. The van der Waals surface area contributed by atoms with E-state index in [0.29, 0.717) is 28.5 Å². The normalized spacial score (nSPS) is 14.3. The van der Waals surface area contributed by atoms with Crippen molar-refractivity contribution in [3.8, 4) is 5.75 Å². The van der Waals surface area contributed by atoms with Crippen molar-refractivity contribution in [2.45, 2.75) is 19.8 Å². The molecule has 0 unspecified atom stereocenters. The molecule has 1 aromatic rings. The van der Waals surface area contributed by atoms with Crippen LogP contribution in [-0.2, 0) is 5.04 Å². The Bertz CT molecular complexity index is 458. The number of carbonyl (C=O) groups excluding carboxylic acids is 1. The van der Waals surface area contributed by atoms with Crippen LogP contribution in [0.25, 0.3) is 0 Å². The predicted molar refractivity (Wildman–Crippen MR) is 65.3 cm³/mol. The number of nitrogens with one attached hydrogen (secondary N) is 1. The summed E-state index contributed by atoms with van der Waals surface area (Å²) < 4.78 is 0. The van der Waals surface area contributed by atoms with E-state index in [1.54, 1.807) is 19.1 Å². The van der Waals surface area contributed by atoms with Crippen molar-refractivity contribution in [1.82, 2.24) is 0 Å². The first-order chi connectivity index (χ1) is 8.61. The number of benzene rings is 1. The number of amides is 1. The molecule has 0 aromatic heterocycles. The third-order valence-electron chi connectivity index (χ3n) is 2.99. The molecule has 1 fully saturated rings. The smallest absolute Gasteiger partial charge is 0.250 e. The molecule has 0 heterocycles. The molecule has 4 N–H and O–H groups in total. The summed E-state index contributed by atoms with van der Waals surface area (Å²) in [4.78, 5) is 16.0. The molecular formula is C12H16N2O4. The van der Waals surface area contributed by atoms with Crippen molar-refractivity contribution >= 4 is 11.6 Å². The topological polar surface area (TPSA) is 93.8 Å². The molecule has 6 heteroatoms. The zero-order valence-corrected chi connectivity index (χ0v) is 10.1. The Balaban J connectivity index is 2.25. The van der Waals surface area contributed by atoms with Gasteiger partial charge in [-0.15, -0.1) is 0 Å². The van der Waals surface area contributed by atoms with Gasteiger partial charge < -0.3 is 15.9 Å². The molecule has 1 aliphatic carbocycles. The van der Waals surface area contributed by atoms with Crippen LogP contribution in [0, 0.1) is 12.8 Å². The van der Waals surface area contributed by atoms with E-state index in [1.165, 1.54) is 12.8 Å². The Morgan fingerprint density at radius 1 is 1.56 bits per heavy atom. The van der Waals surface area contributed by atoms with Crippen LogP contribution in [0.5, 0.6) is 5.75 Å². The van der Waals surface area contributed by atoms with Crippen LogP contribution in [0.15, 0.2) is 12.1 Å². The van der Waals surface area contributed by atoms with E-state index in [2.05, 4.69) is 15.2 Å². The fraction of sp³-hybridized carbons (Fsp3) is 0.417. The molecular weight excluding hydrogens is 236 g/mol. The summed E-state index contributed by atoms with van der Waals surface area (Å²) in [6.07, 6.45) is 2.40. The Hall–Kier alpha value is -1.79. The zero-order chi connectivity index (χ0) is 13.1. The van der Waals surface area contributed by atoms with Gasteiger partial charge in [0.15, 0.2) is 5.75 Å². The molecule has 18 heavy (non-hydrogen) atoms. The predicted octanol–water partition coefficient (Wildman–Crippen LogP) is 1.70. The van der Waals surface area contributed by atoms with Gasteiger partial charge in [0.05, 0.1) is 11.3 Å². The number of rotatable bonds is 6. The highest BCUT2D eigenvalue weighted by atomic mass is 17.5. The first-order valence-electron chi connectivity index (χ1n) is 5.78. The van der Waals surface area contributed by atoms with Crippen LogP contribution in [-0.4, -0.2) is 17.7 Å². The Morgan fingerprint density at radius 2 is 2.28 bits per heavy atom. The summed E-state index contributed by atoms with van der Waals surface area (Å²) in [5.41, 5.74) is 6.97. The van der Waals surface area contributed by atoms with E-state index in [0.717, 1.165) is 6.54 Å². The highest BCUT2D eigenvalue weighted by molar-refractivity contribution is 5.99. The number of carbonyl (C=O) groups is 1. The van der Waals surface area contributed by atoms with Crippen LogP contribution in [0.4, 0.5) is 5.69 Å². The van der Waals surface area contributed by atoms with Crippen LogP contribution in [0.2, 0.25) is 0 Å². The maximum Gasteiger partial charge on any atom is 0.250 e. The van der Waals surface area contributed by atoms with Crippen molar-refractivity contribution in [2.24, 2.45) is 11.7 Å². The molecule has 0 aliphatic heterocycles. The van der Waals surface area contributed by atoms with E-state index < -0.39 is 5.91 Å². The lowest BCUT2D eigenvalue weighted by molar-refractivity contribution is -0.439. The first kappa shape index (κ1) is 12.7. The SMILES string of the molecule is Cc1cc(C(N)=O)c(NCC2CC2)cc1OOO. The van der Waals surface area contributed by atoms with Gasteiger partial charge in [-0.05, 0) is 42.4 Å². The molecule has 1 amide bonds. The number of anilines is 1. The molecule has 6 nitrogen and oxygen atoms in total. The fourth-order valence-corrected chi connectivity index (χ4v) is 1.74. The lowest BCUT2D eigenvalue weighted by Gasteiger charge is -2.13. The van der Waals surface area contributed by atoms with Crippen LogP contribution in [0.1, 0.15) is 28.8 Å². The maximum absolute atomic E-state index is 11.4. The second-order valence-corrected chi connectivity index (χ2v) is 4.51. The highest BCUT2D eigenvalue weighted by Crippen LogP contribution is 2.31. The summed E-state index contributed by atoms with van der Waals surface area (Å²) in [7, 11) is 0. The van der Waals surface area contributed by atoms with E-state index in [1.807, 2.05) is 0 Å². The van der Waals surface area contributed by atoms with Gasteiger partial charge in [-0.25, -0.2) is 5.26 Å². The van der Waals surface area contributed by atoms with Gasteiger partial charge in [0.25, 0.3) is 5.91 Å². The molecule has 98 valence electrons. The number of aryl methyl sites for hydroxylation is 1. The minimum atomic E-state index is -0.507.